The molecule has 142 valence electrons. The van der Waals surface area contributed by atoms with E-state index in [1.54, 1.807) is 0 Å². The number of nitrogens with one attached hydrogen (secondary N) is 2. The number of aliphatic imine (C=N–C) groups is 1. The van der Waals surface area contributed by atoms with Gasteiger partial charge in [-0.15, -0.1) is 0 Å². The molecule has 1 aliphatic heterocycles. The van der Waals surface area contributed by atoms with Gasteiger partial charge < -0.3 is 15.5 Å². The van der Waals surface area contributed by atoms with E-state index in [-0.39, 0.29) is 0 Å². The van der Waals surface area contributed by atoms with Gasteiger partial charge in [-0.25, -0.2) is 0 Å². The molecule has 1 fully saturated rings. The van der Waals surface area contributed by atoms with Gasteiger partial charge in [-0.1, -0.05) is 40.0 Å². The van der Waals surface area contributed by atoms with Crippen molar-refractivity contribution in [1.29, 1.82) is 0 Å². The van der Waals surface area contributed by atoms with Crippen LogP contribution in [0.5, 0.6) is 0 Å². The minimum absolute atomic E-state index is 0.546. The Morgan fingerprint density at radius 2 is 1.71 bits per heavy atom. The predicted octanol–water partition coefficient (Wildman–Crippen LogP) is 2.39. The van der Waals surface area contributed by atoms with Gasteiger partial charge in [0.1, 0.15) is 0 Å². The molecule has 1 rings (SSSR count). The fourth-order valence-corrected chi connectivity index (χ4v) is 3.30. The van der Waals surface area contributed by atoms with Crippen molar-refractivity contribution < 1.29 is 0 Å². The summed E-state index contributed by atoms with van der Waals surface area (Å²) in [5, 5.41) is 7.03. The molecule has 0 amide bonds. The number of guanidine groups is 1. The quantitative estimate of drug-likeness (QED) is 0.474. The first kappa shape index (κ1) is 21.2. The molecule has 0 aromatic rings. The summed E-state index contributed by atoms with van der Waals surface area (Å²) in [5.74, 6) is 1.70. The second-order valence-corrected chi connectivity index (χ2v) is 7.07. The lowest BCUT2D eigenvalue weighted by Crippen LogP contribution is -2.53. The lowest BCUT2D eigenvalue weighted by atomic mass is 9.99. The molecule has 2 atom stereocenters. The van der Waals surface area contributed by atoms with Crippen LogP contribution in [0.1, 0.15) is 53.4 Å². The van der Waals surface area contributed by atoms with E-state index >= 15 is 0 Å². The van der Waals surface area contributed by atoms with Gasteiger partial charge in [-0.05, 0) is 25.8 Å². The van der Waals surface area contributed by atoms with E-state index < -0.39 is 0 Å². The number of hydrogen-bond donors (Lipinski definition) is 2. The third kappa shape index (κ3) is 7.84. The molecule has 0 aromatic heterocycles. The fourth-order valence-electron chi connectivity index (χ4n) is 3.30. The van der Waals surface area contributed by atoms with Crippen molar-refractivity contribution in [3.8, 4) is 0 Å². The largest absolute Gasteiger partial charge is 0.356 e. The van der Waals surface area contributed by atoms with E-state index in [1.165, 1.54) is 58.4 Å². The summed E-state index contributed by atoms with van der Waals surface area (Å²) >= 11 is 0. The van der Waals surface area contributed by atoms with E-state index in [0.717, 1.165) is 25.0 Å². The molecule has 5 nitrogen and oxygen atoms in total. The minimum atomic E-state index is 0.546. The van der Waals surface area contributed by atoms with Crippen LogP contribution in [0, 0.1) is 5.92 Å². The zero-order chi connectivity index (χ0) is 17.8. The van der Waals surface area contributed by atoms with E-state index in [2.05, 4.69) is 53.1 Å². The lowest BCUT2D eigenvalue weighted by molar-refractivity contribution is 0.107. The van der Waals surface area contributed by atoms with Gasteiger partial charge in [-0.3, -0.25) is 9.89 Å². The number of likely N-dealkylation sites (N-methyl/N-ethyl adjacent to an activating group) is 1. The van der Waals surface area contributed by atoms with Crippen molar-refractivity contribution in [1.82, 2.24) is 20.4 Å². The number of nitrogens with zero attached hydrogens (tertiary/aromatic N) is 3. The minimum Gasteiger partial charge on any atom is -0.356 e. The van der Waals surface area contributed by atoms with Crippen molar-refractivity contribution in [2.24, 2.45) is 10.9 Å². The van der Waals surface area contributed by atoms with Gasteiger partial charge in [0.25, 0.3) is 0 Å². The maximum atomic E-state index is 4.38. The number of unbranched alkanes of at least 4 members (excludes halogenated alkanes) is 1. The Hall–Kier alpha value is -0.810. The van der Waals surface area contributed by atoms with Crippen LogP contribution in [0.2, 0.25) is 0 Å². The van der Waals surface area contributed by atoms with Crippen molar-refractivity contribution in [3.63, 3.8) is 0 Å². The molecular weight excluding hydrogens is 298 g/mol. The molecule has 1 heterocycles. The standard InChI is InChI=1S/C19H41N5/c1-6-9-10-18(7-2)16-22-19(20-5)21-15-17(4)24-13-11-23(8-3)12-14-24/h17-18H,6-16H2,1-5H3,(H2,20,21,22). The van der Waals surface area contributed by atoms with Crippen molar-refractivity contribution >= 4 is 5.96 Å². The number of piperazine rings is 1. The third-order valence-electron chi connectivity index (χ3n) is 5.37. The van der Waals surface area contributed by atoms with Crippen LogP contribution < -0.4 is 10.6 Å². The zero-order valence-corrected chi connectivity index (χ0v) is 16.8. The van der Waals surface area contributed by atoms with E-state index in [4.69, 9.17) is 0 Å². The van der Waals surface area contributed by atoms with Crippen LogP contribution in [0.3, 0.4) is 0 Å². The van der Waals surface area contributed by atoms with Crippen LogP contribution in [-0.2, 0) is 0 Å². The number of rotatable bonds is 10. The summed E-state index contributed by atoms with van der Waals surface area (Å²) in [4.78, 5) is 9.50. The highest BCUT2D eigenvalue weighted by atomic mass is 15.3. The monoisotopic (exact) mass is 339 g/mol. The topological polar surface area (TPSA) is 42.9 Å². The molecule has 24 heavy (non-hydrogen) atoms. The molecule has 0 aromatic carbocycles. The molecule has 1 saturated heterocycles. The average molecular weight is 340 g/mol. The molecule has 1 aliphatic rings. The molecule has 0 spiro atoms. The molecule has 0 saturated carbocycles. The maximum Gasteiger partial charge on any atom is 0.191 e. The Morgan fingerprint density at radius 1 is 1.04 bits per heavy atom. The first-order chi connectivity index (χ1) is 11.6. The highest BCUT2D eigenvalue weighted by molar-refractivity contribution is 5.79. The first-order valence-electron chi connectivity index (χ1n) is 10.0. The zero-order valence-electron chi connectivity index (χ0n) is 16.8. The Labute approximate surface area is 150 Å². The van der Waals surface area contributed by atoms with Gasteiger partial charge in [0.05, 0.1) is 0 Å². The molecule has 5 heteroatoms. The van der Waals surface area contributed by atoms with Crippen molar-refractivity contribution in [2.45, 2.75) is 59.4 Å². The molecule has 0 aliphatic carbocycles. The Morgan fingerprint density at radius 3 is 2.25 bits per heavy atom. The Kier molecular flexibility index (Phi) is 11.1. The number of hydrogen-bond acceptors (Lipinski definition) is 3. The summed E-state index contributed by atoms with van der Waals surface area (Å²) in [6, 6.07) is 0.546. The summed E-state index contributed by atoms with van der Waals surface area (Å²) in [5.41, 5.74) is 0. The second kappa shape index (κ2) is 12.5. The van der Waals surface area contributed by atoms with Crippen LogP contribution in [-0.4, -0.2) is 74.7 Å². The molecule has 2 N–H and O–H groups in total. The predicted molar refractivity (Wildman–Crippen MR) is 106 cm³/mol. The van der Waals surface area contributed by atoms with Crippen LogP contribution >= 0.6 is 0 Å². The highest BCUT2D eigenvalue weighted by Crippen LogP contribution is 2.11. The normalized spacial score (nSPS) is 20.0. The van der Waals surface area contributed by atoms with Crippen LogP contribution in [0.15, 0.2) is 4.99 Å². The second-order valence-electron chi connectivity index (χ2n) is 7.07. The smallest absolute Gasteiger partial charge is 0.191 e. The summed E-state index contributed by atoms with van der Waals surface area (Å²) in [6.07, 6.45) is 5.16. The third-order valence-corrected chi connectivity index (χ3v) is 5.37. The van der Waals surface area contributed by atoms with Crippen LogP contribution in [0.4, 0.5) is 0 Å². The van der Waals surface area contributed by atoms with E-state index in [9.17, 15) is 0 Å². The lowest BCUT2D eigenvalue weighted by Gasteiger charge is -2.37. The van der Waals surface area contributed by atoms with E-state index in [1.807, 2.05) is 7.05 Å². The molecule has 2 unspecified atom stereocenters. The van der Waals surface area contributed by atoms with Crippen molar-refractivity contribution in [3.05, 3.63) is 0 Å². The van der Waals surface area contributed by atoms with Crippen LogP contribution in [0.25, 0.3) is 0 Å². The van der Waals surface area contributed by atoms with Crippen molar-refractivity contribution in [2.75, 3.05) is 52.9 Å². The van der Waals surface area contributed by atoms with E-state index in [0.29, 0.717) is 6.04 Å². The van der Waals surface area contributed by atoms with Gasteiger partial charge in [0.2, 0.25) is 0 Å². The summed E-state index contributed by atoms with van der Waals surface area (Å²) < 4.78 is 0. The first-order valence-corrected chi connectivity index (χ1v) is 10.0. The average Bonchev–Trinajstić information content (AvgIpc) is 2.63. The summed E-state index contributed by atoms with van der Waals surface area (Å²) in [7, 11) is 1.87. The Balaban J connectivity index is 2.27. The van der Waals surface area contributed by atoms with Gasteiger partial charge in [0, 0.05) is 52.4 Å². The highest BCUT2D eigenvalue weighted by Gasteiger charge is 2.20. The van der Waals surface area contributed by atoms with Gasteiger partial charge in [0.15, 0.2) is 5.96 Å². The molecular formula is C19H41N5. The Bertz CT molecular complexity index is 337. The SMILES string of the molecule is CCCCC(CC)CNC(=NC)NCC(C)N1CCN(CC)CC1. The molecule has 0 bridgehead atoms. The maximum absolute atomic E-state index is 4.38. The molecule has 0 radical (unpaired) electrons. The summed E-state index contributed by atoms with van der Waals surface area (Å²) in [6.45, 7) is 17.0. The van der Waals surface area contributed by atoms with Gasteiger partial charge >= 0.3 is 0 Å². The fraction of sp³-hybridized carbons (Fsp3) is 0.947. The van der Waals surface area contributed by atoms with Gasteiger partial charge in [-0.2, -0.15) is 0 Å².